The van der Waals surface area contributed by atoms with Crippen LogP contribution in [0, 0.1) is 0 Å². The Kier molecular flexibility index (Phi) is 4.71. The standard InChI is InChI=1S/C10H12F3NO3S/c11-10(12,13)18(16,17)14-9(7-15)6-8-4-2-1-3-5-8/h1-5,9,14-15H,6-7H2/t9-/m0/s1. The van der Waals surface area contributed by atoms with Crippen LogP contribution in [-0.4, -0.2) is 31.7 Å². The van der Waals surface area contributed by atoms with Gasteiger partial charge in [-0.25, -0.2) is 13.1 Å². The van der Waals surface area contributed by atoms with Crippen molar-refractivity contribution in [1.82, 2.24) is 4.72 Å². The monoisotopic (exact) mass is 283 g/mol. The summed E-state index contributed by atoms with van der Waals surface area (Å²) < 4.78 is 59.6. The van der Waals surface area contributed by atoms with Gasteiger partial charge in [0.05, 0.1) is 6.61 Å². The Morgan fingerprint density at radius 1 is 1.22 bits per heavy atom. The summed E-state index contributed by atoms with van der Waals surface area (Å²) in [6, 6.07) is 7.11. The molecule has 102 valence electrons. The van der Waals surface area contributed by atoms with Crippen molar-refractivity contribution in [2.24, 2.45) is 0 Å². The number of aliphatic hydroxyl groups excluding tert-OH is 1. The third kappa shape index (κ3) is 3.97. The highest BCUT2D eigenvalue weighted by molar-refractivity contribution is 7.90. The molecule has 0 aliphatic rings. The Bertz CT molecular complexity index is 473. The van der Waals surface area contributed by atoms with Crippen molar-refractivity contribution in [2.45, 2.75) is 18.0 Å². The fraction of sp³-hybridized carbons (Fsp3) is 0.400. The molecule has 0 bridgehead atoms. The van der Waals surface area contributed by atoms with Crippen LogP contribution in [0.5, 0.6) is 0 Å². The van der Waals surface area contributed by atoms with E-state index in [1.54, 1.807) is 30.3 Å². The van der Waals surface area contributed by atoms with Crippen molar-refractivity contribution < 1.29 is 26.7 Å². The lowest BCUT2D eigenvalue weighted by Gasteiger charge is -2.17. The smallest absolute Gasteiger partial charge is 0.395 e. The Labute approximate surface area is 102 Å². The summed E-state index contributed by atoms with van der Waals surface area (Å²) in [6.45, 7) is -0.718. The van der Waals surface area contributed by atoms with Gasteiger partial charge < -0.3 is 5.11 Å². The first-order valence-corrected chi connectivity index (χ1v) is 6.48. The number of sulfonamides is 1. The molecule has 0 aliphatic carbocycles. The van der Waals surface area contributed by atoms with E-state index in [1.807, 2.05) is 0 Å². The molecule has 0 fully saturated rings. The van der Waals surface area contributed by atoms with Gasteiger partial charge in [-0.15, -0.1) is 0 Å². The van der Waals surface area contributed by atoms with Gasteiger partial charge in [0.1, 0.15) is 0 Å². The van der Waals surface area contributed by atoms with E-state index in [0.717, 1.165) is 0 Å². The van der Waals surface area contributed by atoms with Crippen LogP contribution >= 0.6 is 0 Å². The van der Waals surface area contributed by atoms with E-state index in [1.165, 1.54) is 4.72 Å². The van der Waals surface area contributed by atoms with Gasteiger partial charge in [0.25, 0.3) is 0 Å². The first-order valence-electron chi connectivity index (χ1n) is 4.99. The van der Waals surface area contributed by atoms with E-state index >= 15 is 0 Å². The molecule has 0 unspecified atom stereocenters. The molecule has 0 aromatic heterocycles. The van der Waals surface area contributed by atoms with E-state index in [0.29, 0.717) is 5.56 Å². The number of halogens is 3. The summed E-state index contributed by atoms with van der Waals surface area (Å²) in [5.41, 5.74) is -4.75. The molecule has 1 aromatic rings. The van der Waals surface area contributed by atoms with Crippen LogP contribution < -0.4 is 4.72 Å². The van der Waals surface area contributed by atoms with Gasteiger partial charge in [-0.05, 0) is 12.0 Å². The molecule has 0 heterocycles. The normalized spacial score (nSPS) is 14.4. The van der Waals surface area contributed by atoms with E-state index in [-0.39, 0.29) is 6.42 Å². The van der Waals surface area contributed by atoms with E-state index in [2.05, 4.69) is 0 Å². The first-order chi connectivity index (χ1) is 8.26. The second-order valence-corrected chi connectivity index (χ2v) is 5.34. The van der Waals surface area contributed by atoms with Gasteiger partial charge >= 0.3 is 15.5 Å². The average Bonchev–Trinajstić information content (AvgIpc) is 2.27. The average molecular weight is 283 g/mol. The molecule has 1 rings (SSSR count). The Morgan fingerprint density at radius 3 is 2.22 bits per heavy atom. The summed E-state index contributed by atoms with van der Waals surface area (Å²) in [5.74, 6) is 0. The Hall–Kier alpha value is -1.12. The molecular formula is C10H12F3NO3S. The molecule has 2 N–H and O–H groups in total. The van der Waals surface area contributed by atoms with Crippen molar-refractivity contribution in [1.29, 1.82) is 0 Å². The van der Waals surface area contributed by atoms with Crippen LogP contribution in [0.25, 0.3) is 0 Å². The number of hydrogen-bond donors (Lipinski definition) is 2. The van der Waals surface area contributed by atoms with Gasteiger partial charge in [0.2, 0.25) is 0 Å². The van der Waals surface area contributed by atoms with Gasteiger partial charge in [-0.3, -0.25) is 0 Å². The second-order valence-electron chi connectivity index (χ2n) is 3.64. The maximum absolute atomic E-state index is 12.1. The molecule has 0 amide bonds. The van der Waals surface area contributed by atoms with Crippen molar-refractivity contribution in [3.05, 3.63) is 35.9 Å². The molecule has 0 radical (unpaired) electrons. The van der Waals surface area contributed by atoms with Gasteiger partial charge in [0, 0.05) is 6.04 Å². The zero-order chi connectivity index (χ0) is 13.8. The predicted octanol–water partition coefficient (Wildman–Crippen LogP) is 1.03. The maximum atomic E-state index is 12.1. The van der Waals surface area contributed by atoms with E-state index in [4.69, 9.17) is 5.11 Å². The fourth-order valence-corrected chi connectivity index (χ4v) is 2.06. The third-order valence-corrected chi connectivity index (χ3v) is 3.42. The molecule has 0 spiro atoms. The summed E-state index contributed by atoms with van der Waals surface area (Å²) in [5, 5.41) is 8.92. The van der Waals surface area contributed by atoms with Gasteiger partial charge in [-0.1, -0.05) is 30.3 Å². The zero-order valence-corrected chi connectivity index (χ0v) is 10.0. The summed E-state index contributed by atoms with van der Waals surface area (Å²) >= 11 is 0. The largest absolute Gasteiger partial charge is 0.511 e. The molecule has 0 saturated heterocycles. The maximum Gasteiger partial charge on any atom is 0.511 e. The summed E-state index contributed by atoms with van der Waals surface area (Å²) in [4.78, 5) is 0. The minimum absolute atomic E-state index is 0.0212. The summed E-state index contributed by atoms with van der Waals surface area (Å²) in [7, 11) is -5.44. The highest BCUT2D eigenvalue weighted by Crippen LogP contribution is 2.22. The zero-order valence-electron chi connectivity index (χ0n) is 9.18. The SMILES string of the molecule is O=S(=O)(N[C@H](CO)Cc1ccccc1)C(F)(F)F. The highest BCUT2D eigenvalue weighted by atomic mass is 32.2. The van der Waals surface area contributed by atoms with Crippen LogP contribution in [0.15, 0.2) is 30.3 Å². The van der Waals surface area contributed by atoms with Crippen molar-refractivity contribution in [3.63, 3.8) is 0 Å². The quantitative estimate of drug-likeness (QED) is 0.848. The second kappa shape index (κ2) is 5.68. The topological polar surface area (TPSA) is 66.4 Å². The van der Waals surface area contributed by atoms with E-state index < -0.39 is 28.2 Å². The molecule has 0 saturated carbocycles. The lowest BCUT2D eigenvalue weighted by molar-refractivity contribution is -0.0452. The lowest BCUT2D eigenvalue weighted by Crippen LogP contribution is -2.45. The number of nitrogens with one attached hydrogen (secondary N) is 1. The molecule has 1 aromatic carbocycles. The van der Waals surface area contributed by atoms with Gasteiger partial charge in [-0.2, -0.15) is 13.2 Å². The Morgan fingerprint density at radius 2 is 1.78 bits per heavy atom. The molecule has 1 atom stereocenters. The first kappa shape index (κ1) is 14.9. The molecule has 0 aliphatic heterocycles. The van der Waals surface area contributed by atoms with E-state index in [9.17, 15) is 21.6 Å². The number of rotatable bonds is 5. The van der Waals surface area contributed by atoms with Crippen LogP contribution in [0.1, 0.15) is 5.56 Å². The number of aliphatic hydroxyl groups is 1. The van der Waals surface area contributed by atoms with Gasteiger partial charge in [0.15, 0.2) is 0 Å². The minimum atomic E-state index is -5.44. The van der Waals surface area contributed by atoms with Crippen molar-refractivity contribution in [2.75, 3.05) is 6.61 Å². The van der Waals surface area contributed by atoms with Crippen molar-refractivity contribution in [3.8, 4) is 0 Å². The molecule has 4 nitrogen and oxygen atoms in total. The minimum Gasteiger partial charge on any atom is -0.395 e. The number of alkyl halides is 3. The van der Waals surface area contributed by atoms with Crippen LogP contribution in [-0.2, 0) is 16.4 Å². The van der Waals surface area contributed by atoms with Crippen molar-refractivity contribution >= 4 is 10.0 Å². The number of benzene rings is 1. The molecule has 18 heavy (non-hydrogen) atoms. The van der Waals surface area contributed by atoms with Crippen LogP contribution in [0.4, 0.5) is 13.2 Å². The number of hydrogen-bond acceptors (Lipinski definition) is 3. The van der Waals surface area contributed by atoms with Crippen LogP contribution in [0.2, 0.25) is 0 Å². The molecular weight excluding hydrogens is 271 g/mol. The van der Waals surface area contributed by atoms with Crippen LogP contribution in [0.3, 0.4) is 0 Å². The molecule has 8 heteroatoms. The summed E-state index contributed by atoms with van der Waals surface area (Å²) in [6.07, 6.45) is -0.0212. The lowest BCUT2D eigenvalue weighted by atomic mass is 10.1. The third-order valence-electron chi connectivity index (χ3n) is 2.17. The predicted molar refractivity (Wildman–Crippen MR) is 59.1 cm³/mol. The highest BCUT2D eigenvalue weighted by Gasteiger charge is 2.46. The fourth-order valence-electron chi connectivity index (χ4n) is 1.33. The Balaban J connectivity index is 2.75.